The van der Waals surface area contributed by atoms with Crippen LogP contribution >= 0.6 is 11.6 Å². The van der Waals surface area contributed by atoms with Crippen LogP contribution in [-0.2, 0) is 11.8 Å². The van der Waals surface area contributed by atoms with Crippen molar-refractivity contribution in [3.05, 3.63) is 70.2 Å². The van der Waals surface area contributed by atoms with Gasteiger partial charge in [0.2, 0.25) is 0 Å². The molecule has 2 rings (SSSR count). The second-order valence-electron chi connectivity index (χ2n) is 5.34. The van der Waals surface area contributed by atoms with Crippen LogP contribution in [0.4, 0.5) is 35.1 Å². The third kappa shape index (κ3) is 3.25. The molecule has 0 saturated carbocycles. The van der Waals surface area contributed by atoms with Gasteiger partial charge >= 0.3 is 18.3 Å². The average Bonchev–Trinajstić information content (AvgIpc) is 2.52. The molecule has 26 heavy (non-hydrogen) atoms. The number of halogens is 9. The second kappa shape index (κ2) is 6.38. The smallest absolute Gasteiger partial charge is 0.374 e. The maximum atomic E-state index is 14.3. The zero-order valence-corrected chi connectivity index (χ0v) is 13.2. The average molecular weight is 405 g/mol. The van der Waals surface area contributed by atoms with Crippen LogP contribution in [0.2, 0.25) is 5.02 Å². The van der Waals surface area contributed by atoms with E-state index in [1.165, 1.54) is 0 Å². The van der Waals surface area contributed by atoms with E-state index in [2.05, 4.69) is 0 Å². The number of aliphatic hydroxyl groups is 1. The molecular weight excluding hydrogens is 396 g/mol. The van der Waals surface area contributed by atoms with Crippen molar-refractivity contribution in [3.63, 3.8) is 0 Å². The number of hydrogen-bond acceptors (Lipinski definition) is 1. The maximum absolute atomic E-state index is 14.3. The summed E-state index contributed by atoms with van der Waals surface area (Å²) in [5.74, 6) is -5.95. The van der Waals surface area contributed by atoms with Gasteiger partial charge in [-0.2, -0.15) is 35.1 Å². The molecule has 0 aromatic heterocycles. The summed E-state index contributed by atoms with van der Waals surface area (Å²) in [7, 11) is 0. The predicted molar refractivity (Wildman–Crippen MR) is 76.9 cm³/mol. The molecular formula is C16H9ClF8O. The van der Waals surface area contributed by atoms with Gasteiger partial charge in [0.05, 0.1) is 5.56 Å². The summed E-state index contributed by atoms with van der Waals surface area (Å²) >= 11 is 5.57. The molecule has 0 heterocycles. The maximum Gasteiger partial charge on any atom is 0.457 e. The van der Waals surface area contributed by atoms with Crippen LogP contribution in [0.15, 0.2) is 48.5 Å². The first-order valence-electron chi connectivity index (χ1n) is 6.82. The SMILES string of the molecule is OC(c1cccc(Cl)c1)(c1ccccc1C(F)(F)F)C(F)(F)C(F)(F)F. The lowest BCUT2D eigenvalue weighted by Crippen LogP contribution is -2.56. The number of rotatable bonds is 3. The largest absolute Gasteiger partial charge is 0.457 e. The zero-order chi connectivity index (χ0) is 20.0. The van der Waals surface area contributed by atoms with E-state index in [0.29, 0.717) is 24.3 Å². The fraction of sp³-hybridized carbons (Fsp3) is 0.250. The van der Waals surface area contributed by atoms with Gasteiger partial charge in [0.25, 0.3) is 0 Å². The Labute approximate surface area is 146 Å². The first-order valence-corrected chi connectivity index (χ1v) is 7.20. The van der Waals surface area contributed by atoms with Crippen molar-refractivity contribution in [2.75, 3.05) is 0 Å². The molecule has 0 bridgehead atoms. The topological polar surface area (TPSA) is 20.2 Å². The van der Waals surface area contributed by atoms with Crippen molar-refractivity contribution in [1.29, 1.82) is 0 Å². The molecule has 0 fully saturated rings. The minimum Gasteiger partial charge on any atom is -0.374 e. The van der Waals surface area contributed by atoms with Gasteiger partial charge < -0.3 is 5.11 Å². The molecule has 0 amide bonds. The molecule has 2 aromatic rings. The molecule has 0 saturated heterocycles. The molecule has 1 N–H and O–H groups in total. The van der Waals surface area contributed by atoms with E-state index < -0.39 is 40.6 Å². The zero-order valence-electron chi connectivity index (χ0n) is 12.5. The third-order valence-electron chi connectivity index (χ3n) is 3.68. The van der Waals surface area contributed by atoms with E-state index in [1.54, 1.807) is 0 Å². The molecule has 1 unspecified atom stereocenters. The van der Waals surface area contributed by atoms with Crippen molar-refractivity contribution in [2.45, 2.75) is 23.9 Å². The Bertz CT molecular complexity index is 799. The fourth-order valence-corrected chi connectivity index (χ4v) is 2.66. The number of alkyl halides is 8. The molecule has 0 aliphatic heterocycles. The molecule has 1 atom stereocenters. The molecule has 142 valence electrons. The van der Waals surface area contributed by atoms with Crippen LogP contribution < -0.4 is 0 Å². The molecule has 2 aromatic carbocycles. The highest BCUT2D eigenvalue weighted by Crippen LogP contribution is 2.54. The first-order chi connectivity index (χ1) is 11.7. The van der Waals surface area contributed by atoms with Crippen molar-refractivity contribution < 1.29 is 40.2 Å². The van der Waals surface area contributed by atoms with Crippen LogP contribution in [0.25, 0.3) is 0 Å². The Morgan fingerprint density at radius 2 is 1.27 bits per heavy atom. The Hall–Kier alpha value is -1.87. The van der Waals surface area contributed by atoms with Gasteiger partial charge in [-0.05, 0) is 23.8 Å². The minimum atomic E-state index is -6.34. The monoisotopic (exact) mass is 404 g/mol. The Kier molecular flexibility index (Phi) is 5.02. The van der Waals surface area contributed by atoms with E-state index in [9.17, 15) is 40.2 Å². The molecule has 0 spiro atoms. The lowest BCUT2D eigenvalue weighted by Gasteiger charge is -2.38. The van der Waals surface area contributed by atoms with Gasteiger partial charge in [-0.25, -0.2) is 0 Å². The lowest BCUT2D eigenvalue weighted by atomic mass is 9.78. The van der Waals surface area contributed by atoms with Crippen LogP contribution in [0, 0.1) is 0 Å². The first kappa shape index (κ1) is 20.4. The second-order valence-corrected chi connectivity index (χ2v) is 5.77. The van der Waals surface area contributed by atoms with Crippen LogP contribution in [0.5, 0.6) is 0 Å². The van der Waals surface area contributed by atoms with E-state index in [1.807, 2.05) is 0 Å². The van der Waals surface area contributed by atoms with Crippen molar-refractivity contribution in [2.24, 2.45) is 0 Å². The molecule has 0 aliphatic carbocycles. The van der Waals surface area contributed by atoms with Gasteiger partial charge in [0.15, 0.2) is 5.60 Å². The van der Waals surface area contributed by atoms with Crippen LogP contribution in [0.3, 0.4) is 0 Å². The Balaban J connectivity index is 2.93. The van der Waals surface area contributed by atoms with E-state index >= 15 is 0 Å². The van der Waals surface area contributed by atoms with Gasteiger partial charge in [0, 0.05) is 10.6 Å². The van der Waals surface area contributed by atoms with Gasteiger partial charge in [0.1, 0.15) is 0 Å². The highest BCUT2D eigenvalue weighted by molar-refractivity contribution is 6.30. The van der Waals surface area contributed by atoms with E-state index in [4.69, 9.17) is 11.6 Å². The normalized spacial score (nSPS) is 15.6. The summed E-state index contributed by atoms with van der Waals surface area (Å²) in [6.45, 7) is 0. The van der Waals surface area contributed by atoms with Crippen molar-refractivity contribution >= 4 is 11.6 Å². The molecule has 10 heteroatoms. The summed E-state index contributed by atoms with van der Waals surface area (Å²) in [5.41, 5.74) is -8.96. The summed E-state index contributed by atoms with van der Waals surface area (Å²) in [4.78, 5) is 0. The van der Waals surface area contributed by atoms with Crippen molar-refractivity contribution in [3.8, 4) is 0 Å². The van der Waals surface area contributed by atoms with Gasteiger partial charge in [-0.3, -0.25) is 0 Å². The van der Waals surface area contributed by atoms with Crippen molar-refractivity contribution in [1.82, 2.24) is 0 Å². The number of benzene rings is 2. The highest BCUT2D eigenvalue weighted by Gasteiger charge is 2.72. The molecule has 1 nitrogen and oxygen atoms in total. The lowest BCUT2D eigenvalue weighted by molar-refractivity contribution is -0.337. The number of hydrogen-bond donors (Lipinski definition) is 1. The summed E-state index contributed by atoms with van der Waals surface area (Å²) in [6, 6.07) is 5.51. The standard InChI is InChI=1S/C16H9ClF8O/c17-10-5-3-4-9(8-10)13(26,15(21,22)16(23,24)25)11-6-1-2-7-12(11)14(18,19)20/h1-8,26H. The van der Waals surface area contributed by atoms with Gasteiger partial charge in [-0.1, -0.05) is 41.9 Å². The molecule has 0 aliphatic rings. The quantitative estimate of drug-likeness (QED) is 0.642. The third-order valence-corrected chi connectivity index (χ3v) is 3.91. The molecule has 0 radical (unpaired) electrons. The van der Waals surface area contributed by atoms with Crippen LogP contribution in [-0.4, -0.2) is 17.2 Å². The van der Waals surface area contributed by atoms with Gasteiger partial charge in [-0.15, -0.1) is 0 Å². The van der Waals surface area contributed by atoms with E-state index in [-0.39, 0.29) is 5.02 Å². The van der Waals surface area contributed by atoms with Crippen LogP contribution in [0.1, 0.15) is 16.7 Å². The summed E-state index contributed by atoms with van der Waals surface area (Å²) in [5, 5.41) is 10.1. The minimum absolute atomic E-state index is 0.303. The fourth-order valence-electron chi connectivity index (χ4n) is 2.47. The predicted octanol–water partition coefficient (Wildman–Crippen LogP) is 5.79. The summed E-state index contributed by atoms with van der Waals surface area (Å²) < 4.78 is 107. The Morgan fingerprint density at radius 3 is 1.73 bits per heavy atom. The van der Waals surface area contributed by atoms with E-state index in [0.717, 1.165) is 24.3 Å². The summed E-state index contributed by atoms with van der Waals surface area (Å²) in [6.07, 6.45) is -11.6. The highest BCUT2D eigenvalue weighted by atomic mass is 35.5. The Morgan fingerprint density at radius 1 is 0.731 bits per heavy atom.